The lowest BCUT2D eigenvalue weighted by molar-refractivity contribution is -0.00473. The van der Waals surface area contributed by atoms with Gasteiger partial charge in [0.1, 0.15) is 11.7 Å². The highest BCUT2D eigenvalue weighted by atomic mass is 32.2. The number of piperidine rings is 1. The molecular formula is C23H30N2O3S. The summed E-state index contributed by atoms with van der Waals surface area (Å²) in [5, 5.41) is 0.889. The minimum Gasteiger partial charge on any atom is -0.459 e. The molecule has 3 atom stereocenters. The van der Waals surface area contributed by atoms with Gasteiger partial charge in [-0.3, -0.25) is 9.69 Å². The van der Waals surface area contributed by atoms with Gasteiger partial charge in [0.2, 0.25) is 0 Å². The minimum atomic E-state index is -0.475. The summed E-state index contributed by atoms with van der Waals surface area (Å²) in [5.41, 5.74) is 0.739. The van der Waals surface area contributed by atoms with Gasteiger partial charge in [-0.25, -0.2) is 4.79 Å². The Morgan fingerprint density at radius 3 is 2.55 bits per heavy atom. The number of carbonyl (C=O) groups is 1. The monoisotopic (exact) mass is 414 g/mol. The van der Waals surface area contributed by atoms with E-state index in [1.165, 1.54) is 12.8 Å². The lowest BCUT2D eigenvalue weighted by Gasteiger charge is -2.38. The third kappa shape index (κ3) is 3.97. The fourth-order valence-corrected chi connectivity index (χ4v) is 5.43. The number of carbonyl (C=O) groups excluding carboxylic acids is 1. The van der Waals surface area contributed by atoms with E-state index in [0.717, 1.165) is 36.0 Å². The van der Waals surface area contributed by atoms with Crippen molar-refractivity contribution in [3.05, 3.63) is 46.2 Å². The number of benzene rings is 1. The number of hydrogen-bond acceptors (Lipinski definition) is 5. The Balaban J connectivity index is 1.55. The normalized spacial score (nSPS) is 24.3. The van der Waals surface area contributed by atoms with Gasteiger partial charge in [0, 0.05) is 43.3 Å². The van der Waals surface area contributed by atoms with E-state index in [2.05, 4.69) is 11.2 Å². The Kier molecular flexibility index (Phi) is 6.02. The van der Waals surface area contributed by atoms with Crippen LogP contribution in [0.4, 0.5) is 0 Å². The van der Waals surface area contributed by atoms with E-state index in [-0.39, 0.29) is 23.3 Å². The highest BCUT2D eigenvalue weighted by Crippen LogP contribution is 2.37. The highest BCUT2D eigenvalue weighted by molar-refractivity contribution is 7.98. The molecule has 1 aromatic heterocycles. The molecule has 3 heterocycles. The topological polar surface area (TPSA) is 51.5 Å². The number of fused-ring (bicyclic) bond motifs is 3. The second kappa shape index (κ2) is 8.52. The third-order valence-electron chi connectivity index (χ3n) is 6.35. The average molecular weight is 415 g/mol. The van der Waals surface area contributed by atoms with Gasteiger partial charge in [-0.2, -0.15) is 11.8 Å². The number of ether oxygens (including phenoxy) is 1. The van der Waals surface area contributed by atoms with E-state index in [9.17, 15) is 9.59 Å². The first-order chi connectivity index (χ1) is 14.0. The first-order valence-corrected chi connectivity index (χ1v) is 12.0. The molecule has 2 fully saturated rings. The number of thioether (sulfide) groups is 1. The molecule has 2 aliphatic rings. The van der Waals surface area contributed by atoms with Crippen molar-refractivity contribution in [2.45, 2.75) is 63.8 Å². The van der Waals surface area contributed by atoms with Gasteiger partial charge in [-0.05, 0) is 50.5 Å². The maximum absolute atomic E-state index is 13.1. The predicted octanol–water partition coefficient (Wildman–Crippen LogP) is 4.10. The van der Waals surface area contributed by atoms with Crippen LogP contribution in [0.2, 0.25) is 0 Å². The maximum Gasteiger partial charge on any atom is 0.344 e. The number of rotatable bonds is 6. The van der Waals surface area contributed by atoms with Gasteiger partial charge in [0.25, 0.3) is 5.56 Å². The smallest absolute Gasteiger partial charge is 0.344 e. The zero-order valence-electron chi connectivity index (χ0n) is 17.5. The summed E-state index contributed by atoms with van der Waals surface area (Å²) in [6, 6.07) is 10.4. The van der Waals surface area contributed by atoms with E-state index in [4.69, 9.17) is 4.74 Å². The van der Waals surface area contributed by atoms with Crippen LogP contribution in [0.25, 0.3) is 10.9 Å². The molecule has 0 spiro atoms. The van der Waals surface area contributed by atoms with Crippen molar-refractivity contribution in [2.75, 3.05) is 18.6 Å². The van der Waals surface area contributed by atoms with E-state index >= 15 is 0 Å². The molecule has 0 amide bonds. The van der Waals surface area contributed by atoms with Crippen molar-refractivity contribution in [1.82, 2.24) is 9.47 Å². The molecule has 2 bridgehead atoms. The average Bonchev–Trinajstić information content (AvgIpc) is 2.93. The van der Waals surface area contributed by atoms with E-state index in [1.54, 1.807) is 10.6 Å². The molecule has 0 unspecified atom stereocenters. The molecule has 0 saturated carbocycles. The summed E-state index contributed by atoms with van der Waals surface area (Å²) < 4.78 is 7.59. The van der Waals surface area contributed by atoms with Crippen LogP contribution in [0.15, 0.2) is 35.1 Å². The Hall–Kier alpha value is -1.79. The fourth-order valence-electron chi connectivity index (χ4n) is 5.04. The molecule has 4 rings (SSSR count). The van der Waals surface area contributed by atoms with Crippen LogP contribution in [-0.4, -0.2) is 52.2 Å². The van der Waals surface area contributed by atoms with Crippen molar-refractivity contribution in [1.29, 1.82) is 0 Å². The van der Waals surface area contributed by atoms with Gasteiger partial charge in [0.05, 0.1) is 5.52 Å². The zero-order chi connectivity index (χ0) is 20.5. The number of aromatic nitrogens is 1. The molecule has 0 radical (unpaired) electrons. The number of para-hydroxylation sites is 1. The Morgan fingerprint density at radius 2 is 1.90 bits per heavy atom. The number of nitrogens with zero attached hydrogens (tertiary/aromatic N) is 2. The van der Waals surface area contributed by atoms with Crippen LogP contribution in [0.3, 0.4) is 0 Å². The number of pyridine rings is 1. The molecule has 6 heteroatoms. The zero-order valence-corrected chi connectivity index (χ0v) is 18.3. The lowest BCUT2D eigenvalue weighted by atomic mass is 9.99. The summed E-state index contributed by atoms with van der Waals surface area (Å²) in [4.78, 5) is 28.7. The van der Waals surface area contributed by atoms with Gasteiger partial charge >= 0.3 is 5.97 Å². The summed E-state index contributed by atoms with van der Waals surface area (Å²) in [7, 11) is 0. The van der Waals surface area contributed by atoms with Gasteiger partial charge in [-0.15, -0.1) is 0 Å². The van der Waals surface area contributed by atoms with Crippen LogP contribution in [0.1, 0.15) is 55.9 Å². The van der Waals surface area contributed by atoms with Crippen LogP contribution >= 0.6 is 11.8 Å². The van der Waals surface area contributed by atoms with Crippen LogP contribution < -0.4 is 5.56 Å². The molecule has 0 N–H and O–H groups in total. The van der Waals surface area contributed by atoms with Crippen molar-refractivity contribution in [3.8, 4) is 0 Å². The molecule has 2 aromatic rings. The standard InChI is InChI=1S/C23H30N2O3S/c1-15(2)25-21-7-5-4-6-16(21)12-20(22(25)26)23(27)28-19-13-17-8-9-18(14-19)24(17)10-11-29-3/h4-7,12,15,17-19H,8-11,13-14H2,1-3H3/t17-,18+,19+. The van der Waals surface area contributed by atoms with Crippen LogP contribution in [0.5, 0.6) is 0 Å². The fraction of sp³-hybridized carbons (Fsp3) is 0.565. The Morgan fingerprint density at radius 1 is 1.21 bits per heavy atom. The van der Waals surface area contributed by atoms with Crippen molar-refractivity contribution >= 4 is 28.6 Å². The largest absolute Gasteiger partial charge is 0.459 e. The summed E-state index contributed by atoms with van der Waals surface area (Å²) in [6.45, 7) is 5.04. The van der Waals surface area contributed by atoms with Crippen molar-refractivity contribution in [3.63, 3.8) is 0 Å². The van der Waals surface area contributed by atoms with Gasteiger partial charge in [-0.1, -0.05) is 18.2 Å². The van der Waals surface area contributed by atoms with E-state index in [1.807, 2.05) is 49.9 Å². The molecule has 5 nitrogen and oxygen atoms in total. The van der Waals surface area contributed by atoms with Gasteiger partial charge < -0.3 is 9.30 Å². The molecular weight excluding hydrogens is 384 g/mol. The molecule has 29 heavy (non-hydrogen) atoms. The molecule has 2 saturated heterocycles. The molecule has 1 aromatic carbocycles. The second-order valence-electron chi connectivity index (χ2n) is 8.50. The number of hydrogen-bond donors (Lipinski definition) is 0. The number of esters is 1. The van der Waals surface area contributed by atoms with Crippen LogP contribution in [0, 0.1) is 0 Å². The molecule has 0 aliphatic carbocycles. The Labute approximate surface area is 176 Å². The minimum absolute atomic E-state index is 0.0318. The second-order valence-corrected chi connectivity index (χ2v) is 9.49. The first-order valence-electron chi connectivity index (χ1n) is 10.6. The highest BCUT2D eigenvalue weighted by Gasteiger charge is 2.41. The van der Waals surface area contributed by atoms with Crippen LogP contribution in [-0.2, 0) is 4.74 Å². The molecule has 2 aliphatic heterocycles. The SMILES string of the molecule is CSCCN1[C@@H]2CC[C@H]1C[C@@H](OC(=O)c1cc3ccccc3n(C(C)C)c1=O)C2. The van der Waals surface area contributed by atoms with E-state index in [0.29, 0.717) is 12.1 Å². The lowest BCUT2D eigenvalue weighted by Crippen LogP contribution is -2.47. The first kappa shape index (κ1) is 20.5. The van der Waals surface area contributed by atoms with Crippen molar-refractivity contribution < 1.29 is 9.53 Å². The Bertz CT molecular complexity index is 941. The summed E-state index contributed by atoms with van der Waals surface area (Å²) in [6.07, 6.45) is 6.17. The molecule has 156 valence electrons. The predicted molar refractivity (Wildman–Crippen MR) is 119 cm³/mol. The van der Waals surface area contributed by atoms with E-state index < -0.39 is 5.97 Å². The summed E-state index contributed by atoms with van der Waals surface area (Å²) >= 11 is 1.88. The maximum atomic E-state index is 13.1. The quantitative estimate of drug-likeness (QED) is 0.666. The van der Waals surface area contributed by atoms with Gasteiger partial charge in [0.15, 0.2) is 0 Å². The third-order valence-corrected chi connectivity index (χ3v) is 6.94. The summed E-state index contributed by atoms with van der Waals surface area (Å²) in [5.74, 6) is 0.667. The van der Waals surface area contributed by atoms with Crippen molar-refractivity contribution in [2.24, 2.45) is 0 Å².